The highest BCUT2D eigenvalue weighted by Crippen LogP contribution is 2.27. The van der Waals surface area contributed by atoms with Crippen LogP contribution < -0.4 is 15.4 Å². The zero-order valence-corrected chi connectivity index (χ0v) is 10.4. The van der Waals surface area contributed by atoms with Crippen molar-refractivity contribution < 1.29 is 19.4 Å². The maximum atomic E-state index is 11.5. The summed E-state index contributed by atoms with van der Waals surface area (Å²) in [5.74, 6) is 0.0607. The van der Waals surface area contributed by atoms with Gasteiger partial charge in [0.1, 0.15) is 5.75 Å². The second-order valence-electron chi connectivity index (χ2n) is 4.49. The Balaban J connectivity index is 1.76. The number of ether oxygens (including phenoxy) is 1. The van der Waals surface area contributed by atoms with E-state index in [-0.39, 0.29) is 12.6 Å². The lowest BCUT2D eigenvalue weighted by Crippen LogP contribution is -2.30. The predicted octanol–water partition coefficient (Wildman–Crippen LogP) is 1.68. The van der Waals surface area contributed by atoms with Gasteiger partial charge in [0.15, 0.2) is 6.61 Å². The fourth-order valence-electron chi connectivity index (χ4n) is 1.51. The van der Waals surface area contributed by atoms with Crippen LogP contribution in [0.5, 0.6) is 5.75 Å². The molecule has 1 aromatic carbocycles. The summed E-state index contributed by atoms with van der Waals surface area (Å²) in [5, 5.41) is 14.0. The van der Waals surface area contributed by atoms with Gasteiger partial charge in [-0.05, 0) is 43.0 Å². The Kier molecular flexibility index (Phi) is 4.22. The van der Waals surface area contributed by atoms with E-state index in [0.717, 1.165) is 0 Å². The smallest absolute Gasteiger partial charge is 0.341 e. The molecule has 1 aromatic rings. The summed E-state index contributed by atoms with van der Waals surface area (Å²) in [6.07, 6.45) is 2.38. The molecule has 6 nitrogen and oxygen atoms in total. The van der Waals surface area contributed by atoms with Gasteiger partial charge in [0.25, 0.3) is 0 Å². The third-order valence-corrected chi connectivity index (χ3v) is 2.72. The molecule has 2 rings (SSSR count). The Morgan fingerprint density at radius 2 is 1.95 bits per heavy atom. The van der Waals surface area contributed by atoms with Gasteiger partial charge in [0.2, 0.25) is 0 Å². The van der Waals surface area contributed by atoms with Crippen LogP contribution in [0.1, 0.15) is 12.8 Å². The fourth-order valence-corrected chi connectivity index (χ4v) is 1.51. The van der Waals surface area contributed by atoms with Gasteiger partial charge >= 0.3 is 12.0 Å². The third kappa shape index (κ3) is 4.87. The van der Waals surface area contributed by atoms with Crippen molar-refractivity contribution >= 4 is 17.7 Å². The number of nitrogens with one attached hydrogen (secondary N) is 2. The van der Waals surface area contributed by atoms with Crippen LogP contribution in [-0.4, -0.2) is 30.3 Å². The Morgan fingerprint density at radius 3 is 2.53 bits per heavy atom. The topological polar surface area (TPSA) is 87.7 Å². The quantitative estimate of drug-likeness (QED) is 0.729. The Bertz CT molecular complexity index is 454. The molecule has 1 saturated carbocycles. The molecule has 3 N–H and O–H groups in total. The number of benzene rings is 1. The molecule has 2 amide bonds. The molecule has 0 atom stereocenters. The minimum atomic E-state index is -1.03. The number of aliphatic carboxylic acids is 1. The van der Waals surface area contributed by atoms with E-state index in [1.807, 2.05) is 0 Å². The van der Waals surface area contributed by atoms with Gasteiger partial charge in [-0.15, -0.1) is 0 Å². The van der Waals surface area contributed by atoms with E-state index in [4.69, 9.17) is 9.84 Å². The summed E-state index contributed by atoms with van der Waals surface area (Å²) in [4.78, 5) is 21.8. The van der Waals surface area contributed by atoms with Crippen molar-refractivity contribution in [2.24, 2.45) is 5.92 Å². The second-order valence-corrected chi connectivity index (χ2v) is 4.49. The third-order valence-electron chi connectivity index (χ3n) is 2.72. The molecule has 1 aliphatic rings. The highest BCUT2D eigenvalue weighted by molar-refractivity contribution is 5.89. The lowest BCUT2D eigenvalue weighted by molar-refractivity contribution is -0.139. The molecule has 0 radical (unpaired) electrons. The normalized spacial score (nSPS) is 13.7. The number of carboxylic acid groups (broad SMARTS) is 1. The van der Waals surface area contributed by atoms with Crippen LogP contribution in [0.3, 0.4) is 0 Å². The summed E-state index contributed by atoms with van der Waals surface area (Å²) >= 11 is 0. The zero-order valence-electron chi connectivity index (χ0n) is 10.4. The van der Waals surface area contributed by atoms with Gasteiger partial charge < -0.3 is 20.5 Å². The largest absolute Gasteiger partial charge is 0.482 e. The first-order valence-electron chi connectivity index (χ1n) is 6.13. The molecule has 0 spiro atoms. The molecule has 0 unspecified atom stereocenters. The maximum absolute atomic E-state index is 11.5. The zero-order chi connectivity index (χ0) is 13.7. The minimum Gasteiger partial charge on any atom is -0.482 e. The van der Waals surface area contributed by atoms with Crippen LogP contribution in [0.4, 0.5) is 10.5 Å². The molecule has 102 valence electrons. The molecule has 0 saturated heterocycles. The number of hydrogen-bond acceptors (Lipinski definition) is 3. The summed E-state index contributed by atoms with van der Waals surface area (Å²) < 4.78 is 4.99. The van der Waals surface area contributed by atoms with E-state index in [1.165, 1.54) is 12.8 Å². The van der Waals surface area contributed by atoms with Crippen LogP contribution in [0.25, 0.3) is 0 Å². The molecule has 6 heteroatoms. The van der Waals surface area contributed by atoms with Crippen molar-refractivity contribution in [2.75, 3.05) is 18.5 Å². The summed E-state index contributed by atoms with van der Waals surface area (Å²) in [6, 6.07) is 6.31. The van der Waals surface area contributed by atoms with Crippen molar-refractivity contribution in [3.63, 3.8) is 0 Å². The van der Waals surface area contributed by atoms with Crippen LogP contribution in [-0.2, 0) is 4.79 Å². The van der Waals surface area contributed by atoms with Gasteiger partial charge in [-0.25, -0.2) is 9.59 Å². The SMILES string of the molecule is O=C(O)COc1ccc(NC(=O)NCC2CC2)cc1. The number of rotatable bonds is 6. The molecule has 19 heavy (non-hydrogen) atoms. The van der Waals surface area contributed by atoms with Gasteiger partial charge in [0, 0.05) is 12.2 Å². The van der Waals surface area contributed by atoms with E-state index < -0.39 is 5.97 Å². The maximum Gasteiger partial charge on any atom is 0.341 e. The molecular weight excluding hydrogens is 248 g/mol. The van der Waals surface area contributed by atoms with E-state index in [2.05, 4.69) is 10.6 Å². The van der Waals surface area contributed by atoms with Gasteiger partial charge in [-0.2, -0.15) is 0 Å². The first kappa shape index (κ1) is 13.2. The van der Waals surface area contributed by atoms with Crippen LogP contribution in [0, 0.1) is 5.92 Å². The summed E-state index contributed by atoms with van der Waals surface area (Å²) in [7, 11) is 0. The molecule has 0 heterocycles. The highest BCUT2D eigenvalue weighted by atomic mass is 16.5. The Hall–Kier alpha value is -2.24. The molecule has 0 bridgehead atoms. The number of amides is 2. The van der Waals surface area contributed by atoms with Crippen LogP contribution in [0.15, 0.2) is 24.3 Å². The van der Waals surface area contributed by atoms with Crippen molar-refractivity contribution in [2.45, 2.75) is 12.8 Å². The van der Waals surface area contributed by atoms with E-state index in [1.54, 1.807) is 24.3 Å². The molecule has 0 aromatic heterocycles. The number of carbonyl (C=O) groups excluding carboxylic acids is 1. The standard InChI is InChI=1S/C13H16N2O4/c16-12(17)8-19-11-5-3-10(4-6-11)15-13(18)14-7-9-1-2-9/h3-6,9H,1-2,7-8H2,(H,16,17)(H2,14,15,18). The van der Waals surface area contributed by atoms with Crippen molar-refractivity contribution in [1.29, 1.82) is 0 Å². The average Bonchev–Trinajstić information content (AvgIpc) is 3.19. The van der Waals surface area contributed by atoms with Crippen molar-refractivity contribution in [1.82, 2.24) is 5.32 Å². The van der Waals surface area contributed by atoms with Gasteiger partial charge in [0.05, 0.1) is 0 Å². The lowest BCUT2D eigenvalue weighted by Gasteiger charge is -2.08. The molecule has 0 aliphatic heterocycles. The Labute approximate surface area is 110 Å². The number of carboxylic acids is 1. The van der Waals surface area contributed by atoms with E-state index in [9.17, 15) is 9.59 Å². The fraction of sp³-hybridized carbons (Fsp3) is 0.385. The first-order valence-corrected chi connectivity index (χ1v) is 6.13. The summed E-state index contributed by atoms with van der Waals surface area (Å²) in [6.45, 7) is 0.334. The first-order chi connectivity index (χ1) is 9.13. The number of anilines is 1. The number of urea groups is 1. The van der Waals surface area contributed by atoms with E-state index in [0.29, 0.717) is 23.9 Å². The monoisotopic (exact) mass is 264 g/mol. The van der Waals surface area contributed by atoms with Gasteiger partial charge in [-0.1, -0.05) is 0 Å². The molecule has 1 fully saturated rings. The number of hydrogen-bond donors (Lipinski definition) is 3. The van der Waals surface area contributed by atoms with E-state index >= 15 is 0 Å². The lowest BCUT2D eigenvalue weighted by atomic mass is 10.3. The second kappa shape index (κ2) is 6.08. The van der Waals surface area contributed by atoms with Crippen molar-refractivity contribution in [3.8, 4) is 5.75 Å². The van der Waals surface area contributed by atoms with Gasteiger partial charge in [-0.3, -0.25) is 0 Å². The average molecular weight is 264 g/mol. The number of carbonyl (C=O) groups is 2. The molecular formula is C13H16N2O4. The Morgan fingerprint density at radius 1 is 1.26 bits per heavy atom. The summed E-state index contributed by atoms with van der Waals surface area (Å²) in [5.41, 5.74) is 0.635. The minimum absolute atomic E-state index is 0.230. The molecule has 1 aliphatic carbocycles. The van der Waals surface area contributed by atoms with Crippen molar-refractivity contribution in [3.05, 3.63) is 24.3 Å². The van der Waals surface area contributed by atoms with Crippen LogP contribution in [0.2, 0.25) is 0 Å². The highest BCUT2D eigenvalue weighted by Gasteiger charge is 2.21. The predicted molar refractivity (Wildman–Crippen MR) is 69.3 cm³/mol. The van der Waals surface area contributed by atoms with Crippen LogP contribution >= 0.6 is 0 Å².